The highest BCUT2D eigenvalue weighted by atomic mass is 16.5. The molecule has 0 spiro atoms. The van der Waals surface area contributed by atoms with Gasteiger partial charge in [-0.2, -0.15) is 5.10 Å². The average Bonchev–Trinajstić information content (AvgIpc) is 2.74. The topological polar surface area (TPSA) is 39.1 Å². The SMILES string of the molecule is CNCc1cn(C)nc1-c1ccc(OC)c(C)c1C. The van der Waals surface area contributed by atoms with Crippen LogP contribution in [0.15, 0.2) is 18.3 Å². The van der Waals surface area contributed by atoms with Gasteiger partial charge in [0.05, 0.1) is 12.8 Å². The summed E-state index contributed by atoms with van der Waals surface area (Å²) in [4.78, 5) is 0. The van der Waals surface area contributed by atoms with Gasteiger partial charge in [-0.25, -0.2) is 0 Å². The number of aromatic nitrogens is 2. The van der Waals surface area contributed by atoms with Gasteiger partial charge in [0.25, 0.3) is 0 Å². The summed E-state index contributed by atoms with van der Waals surface area (Å²) < 4.78 is 7.22. The Morgan fingerprint density at radius 1 is 1.26 bits per heavy atom. The Balaban J connectivity index is 2.56. The van der Waals surface area contributed by atoms with Crippen molar-refractivity contribution in [2.45, 2.75) is 20.4 Å². The van der Waals surface area contributed by atoms with Crippen molar-refractivity contribution in [1.82, 2.24) is 15.1 Å². The highest BCUT2D eigenvalue weighted by Gasteiger charge is 2.14. The summed E-state index contributed by atoms with van der Waals surface area (Å²) in [6.45, 7) is 5.01. The van der Waals surface area contributed by atoms with Gasteiger partial charge in [-0.15, -0.1) is 0 Å². The fraction of sp³-hybridized carbons (Fsp3) is 0.400. The van der Waals surface area contributed by atoms with Crippen LogP contribution in [0.2, 0.25) is 0 Å². The van der Waals surface area contributed by atoms with Gasteiger partial charge in [-0.1, -0.05) is 0 Å². The third-order valence-corrected chi connectivity index (χ3v) is 3.48. The van der Waals surface area contributed by atoms with Gasteiger partial charge in [0.2, 0.25) is 0 Å². The number of aryl methyl sites for hydroxylation is 1. The lowest BCUT2D eigenvalue weighted by Crippen LogP contribution is -2.05. The molecule has 0 fully saturated rings. The van der Waals surface area contributed by atoms with E-state index < -0.39 is 0 Å². The minimum absolute atomic E-state index is 0.813. The van der Waals surface area contributed by atoms with Crippen molar-refractivity contribution in [3.8, 4) is 17.0 Å². The molecule has 0 aliphatic carbocycles. The Hall–Kier alpha value is -1.81. The second-order valence-electron chi connectivity index (χ2n) is 4.77. The quantitative estimate of drug-likeness (QED) is 0.916. The smallest absolute Gasteiger partial charge is 0.122 e. The van der Waals surface area contributed by atoms with Gasteiger partial charge in [-0.3, -0.25) is 4.68 Å². The molecule has 1 aromatic carbocycles. The van der Waals surface area contributed by atoms with Crippen molar-refractivity contribution in [3.63, 3.8) is 0 Å². The van der Waals surface area contributed by atoms with E-state index in [4.69, 9.17) is 4.74 Å². The maximum atomic E-state index is 5.36. The molecule has 4 heteroatoms. The Kier molecular flexibility index (Phi) is 3.90. The summed E-state index contributed by atoms with van der Waals surface area (Å²) in [6.07, 6.45) is 2.06. The predicted molar refractivity (Wildman–Crippen MR) is 77.4 cm³/mol. The molecule has 2 aromatic rings. The number of methoxy groups -OCH3 is 1. The summed E-state index contributed by atoms with van der Waals surface area (Å²) in [6, 6.07) is 4.10. The van der Waals surface area contributed by atoms with E-state index in [1.54, 1.807) is 7.11 Å². The van der Waals surface area contributed by atoms with Crippen LogP contribution in [-0.2, 0) is 13.6 Å². The number of rotatable bonds is 4. The first-order valence-corrected chi connectivity index (χ1v) is 6.40. The lowest BCUT2D eigenvalue weighted by atomic mass is 9.98. The largest absolute Gasteiger partial charge is 0.496 e. The van der Waals surface area contributed by atoms with E-state index in [0.29, 0.717) is 0 Å². The van der Waals surface area contributed by atoms with Crippen LogP contribution in [-0.4, -0.2) is 23.9 Å². The number of hydrogen-bond acceptors (Lipinski definition) is 3. The molecule has 0 saturated heterocycles. The molecule has 0 aliphatic heterocycles. The molecule has 19 heavy (non-hydrogen) atoms. The van der Waals surface area contributed by atoms with E-state index >= 15 is 0 Å². The zero-order valence-electron chi connectivity index (χ0n) is 12.2. The molecule has 0 bridgehead atoms. The third-order valence-electron chi connectivity index (χ3n) is 3.48. The zero-order valence-corrected chi connectivity index (χ0v) is 12.2. The lowest BCUT2D eigenvalue weighted by Gasteiger charge is -2.12. The van der Waals surface area contributed by atoms with Gasteiger partial charge in [0, 0.05) is 30.9 Å². The minimum atomic E-state index is 0.813. The van der Waals surface area contributed by atoms with Gasteiger partial charge >= 0.3 is 0 Å². The van der Waals surface area contributed by atoms with E-state index in [0.717, 1.165) is 18.0 Å². The lowest BCUT2D eigenvalue weighted by molar-refractivity contribution is 0.411. The van der Waals surface area contributed by atoms with Gasteiger partial charge in [-0.05, 0) is 44.2 Å². The number of hydrogen-bond donors (Lipinski definition) is 1. The third kappa shape index (κ3) is 2.49. The summed E-state index contributed by atoms with van der Waals surface area (Å²) in [5, 5.41) is 7.78. The minimum Gasteiger partial charge on any atom is -0.496 e. The molecular formula is C15H21N3O. The van der Waals surface area contributed by atoms with Crippen LogP contribution in [0.4, 0.5) is 0 Å². The van der Waals surface area contributed by atoms with Gasteiger partial charge in [0.15, 0.2) is 0 Å². The highest BCUT2D eigenvalue weighted by molar-refractivity contribution is 5.69. The molecule has 2 rings (SSSR count). The van der Waals surface area contributed by atoms with E-state index in [1.165, 1.54) is 22.3 Å². The molecule has 1 N–H and O–H groups in total. The predicted octanol–water partition coefficient (Wildman–Crippen LogP) is 2.43. The van der Waals surface area contributed by atoms with Crippen molar-refractivity contribution >= 4 is 0 Å². The maximum absolute atomic E-state index is 5.36. The fourth-order valence-electron chi connectivity index (χ4n) is 2.36. The molecule has 0 saturated carbocycles. The Labute approximate surface area is 114 Å². The van der Waals surface area contributed by atoms with Gasteiger partial charge in [0.1, 0.15) is 5.75 Å². The van der Waals surface area contributed by atoms with Crippen molar-refractivity contribution in [3.05, 3.63) is 35.0 Å². The molecule has 102 valence electrons. The number of nitrogens with one attached hydrogen (secondary N) is 1. The zero-order chi connectivity index (χ0) is 14.0. The molecule has 0 amide bonds. The van der Waals surface area contributed by atoms with Crippen LogP contribution < -0.4 is 10.1 Å². The maximum Gasteiger partial charge on any atom is 0.122 e. The van der Waals surface area contributed by atoms with Crippen molar-refractivity contribution in [2.24, 2.45) is 7.05 Å². The van der Waals surface area contributed by atoms with Crippen LogP contribution in [0.1, 0.15) is 16.7 Å². The van der Waals surface area contributed by atoms with Crippen molar-refractivity contribution in [1.29, 1.82) is 0 Å². The van der Waals surface area contributed by atoms with E-state index in [-0.39, 0.29) is 0 Å². The van der Waals surface area contributed by atoms with Crippen LogP contribution in [0.25, 0.3) is 11.3 Å². The molecule has 0 atom stereocenters. The highest BCUT2D eigenvalue weighted by Crippen LogP contribution is 2.31. The molecule has 0 radical (unpaired) electrons. The van der Waals surface area contributed by atoms with E-state index in [1.807, 2.05) is 24.8 Å². The monoisotopic (exact) mass is 259 g/mol. The van der Waals surface area contributed by atoms with E-state index in [9.17, 15) is 0 Å². The summed E-state index contributed by atoms with van der Waals surface area (Å²) in [5.41, 5.74) is 5.80. The Bertz CT molecular complexity index is 587. The molecule has 1 heterocycles. The normalized spacial score (nSPS) is 10.8. The molecule has 0 unspecified atom stereocenters. The van der Waals surface area contributed by atoms with Crippen molar-refractivity contribution in [2.75, 3.05) is 14.2 Å². The Morgan fingerprint density at radius 2 is 2.00 bits per heavy atom. The second-order valence-corrected chi connectivity index (χ2v) is 4.77. The fourth-order valence-corrected chi connectivity index (χ4v) is 2.36. The summed E-state index contributed by atoms with van der Waals surface area (Å²) in [5.74, 6) is 0.923. The average molecular weight is 259 g/mol. The first kappa shape index (κ1) is 13.6. The van der Waals surface area contributed by atoms with Gasteiger partial charge < -0.3 is 10.1 Å². The standard InChI is InChI=1S/C15H21N3O/c1-10-11(2)14(19-5)7-6-13(10)15-12(8-16-3)9-18(4)17-15/h6-7,9,16H,8H2,1-5H3. The first-order valence-electron chi connectivity index (χ1n) is 6.40. The first-order chi connectivity index (χ1) is 9.08. The second kappa shape index (κ2) is 5.45. The molecule has 1 aromatic heterocycles. The molecule has 4 nitrogen and oxygen atoms in total. The summed E-state index contributed by atoms with van der Waals surface area (Å²) in [7, 11) is 5.60. The number of nitrogens with zero attached hydrogens (tertiary/aromatic N) is 2. The number of ether oxygens (including phenoxy) is 1. The van der Waals surface area contributed by atoms with E-state index in [2.05, 4.69) is 36.5 Å². The number of benzene rings is 1. The van der Waals surface area contributed by atoms with Crippen LogP contribution >= 0.6 is 0 Å². The summed E-state index contributed by atoms with van der Waals surface area (Å²) >= 11 is 0. The molecule has 0 aliphatic rings. The van der Waals surface area contributed by atoms with Crippen molar-refractivity contribution < 1.29 is 4.74 Å². The Morgan fingerprint density at radius 3 is 2.63 bits per heavy atom. The molecular weight excluding hydrogens is 238 g/mol. The van der Waals surface area contributed by atoms with Crippen LogP contribution in [0, 0.1) is 13.8 Å². The van der Waals surface area contributed by atoms with Crippen LogP contribution in [0.3, 0.4) is 0 Å². The van der Waals surface area contributed by atoms with Crippen LogP contribution in [0.5, 0.6) is 5.75 Å².